The number of hydrogen-bond donors (Lipinski definition) is 2. The lowest BCUT2D eigenvalue weighted by Gasteiger charge is -2.29. The highest BCUT2D eigenvalue weighted by molar-refractivity contribution is 5.93. The molecular weight excluding hydrogens is 296 g/mol. The molecule has 3 unspecified atom stereocenters. The van der Waals surface area contributed by atoms with Gasteiger partial charge in [-0.25, -0.2) is 4.79 Å². The van der Waals surface area contributed by atoms with E-state index >= 15 is 0 Å². The largest absolute Gasteiger partial charge is 0.478 e. The number of hydrogen-bond acceptors (Lipinski definition) is 5. The molecule has 3 fully saturated rings. The fraction of sp³-hybridized carbons (Fsp3) is 0.529. The Balaban J connectivity index is 1.72. The first-order valence-corrected chi connectivity index (χ1v) is 8.00. The van der Waals surface area contributed by atoms with Gasteiger partial charge in [0.15, 0.2) is 0 Å². The molecule has 23 heavy (non-hydrogen) atoms. The minimum absolute atomic E-state index is 0.0212. The molecule has 6 nitrogen and oxygen atoms in total. The van der Waals surface area contributed by atoms with Crippen LogP contribution in [0.4, 0.5) is 5.69 Å². The number of benzene rings is 1. The smallest absolute Gasteiger partial charge is 0.335 e. The Hall–Kier alpha value is -1.92. The summed E-state index contributed by atoms with van der Waals surface area (Å²) in [5.74, 6) is -0.917. The number of anilines is 1. The minimum Gasteiger partial charge on any atom is -0.478 e. The van der Waals surface area contributed by atoms with E-state index in [-0.39, 0.29) is 23.2 Å². The number of carboxylic acid groups (broad SMARTS) is 1. The molecule has 2 N–H and O–H groups in total. The number of carbonyl (C=O) groups is 2. The van der Waals surface area contributed by atoms with Crippen LogP contribution < -0.4 is 10.2 Å². The maximum absolute atomic E-state index is 11.9. The molecule has 122 valence electrons. The van der Waals surface area contributed by atoms with Crippen LogP contribution in [-0.4, -0.2) is 55.2 Å². The van der Waals surface area contributed by atoms with E-state index in [4.69, 9.17) is 4.74 Å². The zero-order chi connectivity index (χ0) is 16.2. The molecule has 2 heterocycles. The van der Waals surface area contributed by atoms with Crippen molar-refractivity contribution in [1.29, 1.82) is 0 Å². The number of Topliss-reactive ketones (excluding diaryl/α,β-unsaturated/α-hetero) is 1. The van der Waals surface area contributed by atoms with Crippen LogP contribution in [0.2, 0.25) is 0 Å². The van der Waals surface area contributed by atoms with Gasteiger partial charge < -0.3 is 20.1 Å². The van der Waals surface area contributed by atoms with E-state index in [0.29, 0.717) is 18.8 Å². The van der Waals surface area contributed by atoms with Gasteiger partial charge in [0.2, 0.25) is 0 Å². The van der Waals surface area contributed by atoms with Gasteiger partial charge in [0.1, 0.15) is 5.78 Å². The molecule has 1 saturated carbocycles. The van der Waals surface area contributed by atoms with Gasteiger partial charge in [-0.2, -0.15) is 0 Å². The molecule has 1 aliphatic carbocycles. The monoisotopic (exact) mass is 316 g/mol. The number of carbonyl (C=O) groups excluding carboxylic acids is 1. The molecule has 0 amide bonds. The molecular formula is C17H20N2O4. The Labute approximate surface area is 134 Å². The fourth-order valence-corrected chi connectivity index (χ4v) is 4.06. The van der Waals surface area contributed by atoms with Crippen LogP contribution in [0.25, 0.3) is 0 Å². The standard InChI is InChI=1S/C17H20N2O4/c1-10(20)14-15(17(14)9-18-17)13-8-11(2-3-12(13)16(21)22)19-4-6-23-7-5-19/h2-3,8,14-15,18H,4-7,9H2,1H3,(H,21,22). The molecule has 3 aliphatic rings. The van der Waals surface area contributed by atoms with Crippen molar-refractivity contribution in [2.24, 2.45) is 5.92 Å². The van der Waals surface area contributed by atoms with Gasteiger partial charge >= 0.3 is 5.97 Å². The van der Waals surface area contributed by atoms with Gasteiger partial charge in [-0.1, -0.05) is 0 Å². The number of rotatable bonds is 4. The molecule has 2 aliphatic heterocycles. The van der Waals surface area contributed by atoms with Crippen molar-refractivity contribution in [3.8, 4) is 0 Å². The van der Waals surface area contributed by atoms with E-state index in [2.05, 4.69) is 10.2 Å². The maximum Gasteiger partial charge on any atom is 0.335 e. The van der Waals surface area contributed by atoms with Crippen molar-refractivity contribution in [1.82, 2.24) is 5.32 Å². The molecule has 2 saturated heterocycles. The molecule has 0 aromatic heterocycles. The van der Waals surface area contributed by atoms with Gasteiger partial charge in [0.05, 0.1) is 18.8 Å². The van der Waals surface area contributed by atoms with Crippen LogP contribution >= 0.6 is 0 Å². The Morgan fingerprint density at radius 1 is 1.35 bits per heavy atom. The number of ether oxygens (including phenoxy) is 1. The summed E-state index contributed by atoms with van der Waals surface area (Å²) in [5.41, 5.74) is 1.92. The summed E-state index contributed by atoms with van der Waals surface area (Å²) in [6.07, 6.45) is 0. The van der Waals surface area contributed by atoms with E-state index in [9.17, 15) is 14.7 Å². The number of morpholine rings is 1. The van der Waals surface area contributed by atoms with E-state index in [1.54, 1.807) is 13.0 Å². The summed E-state index contributed by atoms with van der Waals surface area (Å²) in [5, 5.41) is 12.8. The molecule has 0 radical (unpaired) electrons. The normalized spacial score (nSPS) is 32.0. The predicted molar refractivity (Wildman–Crippen MR) is 84.1 cm³/mol. The lowest BCUT2D eigenvalue weighted by Crippen LogP contribution is -2.36. The first-order chi connectivity index (χ1) is 11.0. The summed E-state index contributed by atoms with van der Waals surface area (Å²) in [6, 6.07) is 5.49. The van der Waals surface area contributed by atoms with Crippen molar-refractivity contribution in [3.05, 3.63) is 29.3 Å². The number of ketones is 1. The third-order valence-corrected chi connectivity index (χ3v) is 5.33. The molecule has 1 spiro atoms. The van der Waals surface area contributed by atoms with Crippen molar-refractivity contribution < 1.29 is 19.4 Å². The second-order valence-corrected chi connectivity index (χ2v) is 6.64. The van der Waals surface area contributed by atoms with E-state index in [0.717, 1.165) is 30.9 Å². The van der Waals surface area contributed by atoms with Gasteiger partial charge in [0.25, 0.3) is 0 Å². The summed E-state index contributed by atoms with van der Waals surface area (Å²) in [6.45, 7) is 5.36. The Bertz CT molecular complexity index is 677. The highest BCUT2D eigenvalue weighted by Gasteiger charge is 2.74. The van der Waals surface area contributed by atoms with Crippen LogP contribution in [0.1, 0.15) is 28.8 Å². The highest BCUT2D eigenvalue weighted by atomic mass is 16.5. The number of nitrogens with zero attached hydrogens (tertiary/aromatic N) is 1. The van der Waals surface area contributed by atoms with Crippen molar-refractivity contribution >= 4 is 17.4 Å². The molecule has 1 aromatic rings. The van der Waals surface area contributed by atoms with Gasteiger partial charge in [0, 0.05) is 42.7 Å². The third-order valence-electron chi connectivity index (χ3n) is 5.33. The average Bonchev–Trinajstić information content (AvgIpc) is 3.46. The van der Waals surface area contributed by atoms with E-state index < -0.39 is 5.97 Å². The number of nitrogens with one attached hydrogen (secondary N) is 1. The number of carboxylic acids is 1. The topological polar surface area (TPSA) is 88.8 Å². The predicted octanol–water partition coefficient (Wildman–Crippen LogP) is 0.866. The Kier molecular flexibility index (Phi) is 3.21. The second-order valence-electron chi connectivity index (χ2n) is 6.64. The highest BCUT2D eigenvalue weighted by Crippen LogP contribution is 2.64. The maximum atomic E-state index is 11.9. The number of aromatic carboxylic acids is 1. The summed E-state index contributed by atoms with van der Waals surface area (Å²) in [7, 11) is 0. The minimum atomic E-state index is -0.932. The van der Waals surface area contributed by atoms with Crippen molar-refractivity contribution in [2.75, 3.05) is 37.7 Å². The third kappa shape index (κ3) is 2.24. The quantitative estimate of drug-likeness (QED) is 0.801. The fourth-order valence-electron chi connectivity index (χ4n) is 4.06. The summed E-state index contributed by atoms with van der Waals surface area (Å²) < 4.78 is 5.37. The van der Waals surface area contributed by atoms with Crippen LogP contribution in [0.15, 0.2) is 18.2 Å². The molecule has 3 atom stereocenters. The SMILES string of the molecule is CC(=O)C1C(c2cc(N3CCOCC3)ccc2C(=O)O)C12CN2. The van der Waals surface area contributed by atoms with E-state index in [1.807, 2.05) is 12.1 Å². The Morgan fingerprint density at radius 2 is 2.04 bits per heavy atom. The molecule has 0 bridgehead atoms. The molecule has 4 rings (SSSR count). The van der Waals surface area contributed by atoms with Gasteiger partial charge in [-0.05, 0) is 30.7 Å². The lowest BCUT2D eigenvalue weighted by molar-refractivity contribution is -0.118. The zero-order valence-corrected chi connectivity index (χ0v) is 13.0. The molecule has 1 aromatic carbocycles. The van der Waals surface area contributed by atoms with Crippen LogP contribution in [0.3, 0.4) is 0 Å². The molecule has 6 heteroatoms. The van der Waals surface area contributed by atoms with Gasteiger partial charge in [-0.3, -0.25) is 4.79 Å². The first-order valence-electron chi connectivity index (χ1n) is 8.00. The average molecular weight is 316 g/mol. The summed E-state index contributed by atoms with van der Waals surface area (Å²) >= 11 is 0. The Morgan fingerprint density at radius 3 is 2.57 bits per heavy atom. The first kappa shape index (κ1) is 14.7. The lowest BCUT2D eigenvalue weighted by atomic mass is 9.99. The van der Waals surface area contributed by atoms with E-state index in [1.165, 1.54) is 0 Å². The van der Waals surface area contributed by atoms with Crippen molar-refractivity contribution in [2.45, 2.75) is 18.4 Å². The van der Waals surface area contributed by atoms with Crippen LogP contribution in [-0.2, 0) is 9.53 Å². The van der Waals surface area contributed by atoms with Crippen molar-refractivity contribution in [3.63, 3.8) is 0 Å². The van der Waals surface area contributed by atoms with Gasteiger partial charge in [-0.15, -0.1) is 0 Å². The van der Waals surface area contributed by atoms with Crippen LogP contribution in [0, 0.1) is 5.92 Å². The zero-order valence-electron chi connectivity index (χ0n) is 13.0. The van der Waals surface area contributed by atoms with Crippen LogP contribution in [0.5, 0.6) is 0 Å². The second kappa shape index (κ2) is 5.04. The summed E-state index contributed by atoms with van der Waals surface area (Å²) in [4.78, 5) is 25.7.